The average molecular weight is 409 g/mol. The summed E-state index contributed by atoms with van der Waals surface area (Å²) in [6.45, 7) is 1.71. The largest absolute Gasteiger partial charge is 0.360 e. The zero-order valence-corrected chi connectivity index (χ0v) is 16.8. The first-order valence-electron chi connectivity index (χ1n) is 9.00. The van der Waals surface area contributed by atoms with Gasteiger partial charge in [0.15, 0.2) is 0 Å². The second kappa shape index (κ2) is 6.63. The number of sulfone groups is 1. The molecule has 2 fully saturated rings. The lowest BCUT2D eigenvalue weighted by atomic mass is 9.99. The Kier molecular flexibility index (Phi) is 4.55. The molecule has 0 saturated carbocycles. The molecule has 0 radical (unpaired) electrons. The van der Waals surface area contributed by atoms with Crippen LogP contribution in [0.2, 0.25) is 5.02 Å². The minimum Gasteiger partial charge on any atom is -0.360 e. The van der Waals surface area contributed by atoms with E-state index < -0.39 is 9.84 Å². The standard InChI is InChI=1S/C19H21ClN2O4S/c1-11-17(18(21-26-11)15-5-3-4-6-16(15)20)19(23)22-12-7-8-13(22)10-14(9-12)27(2,24)25/h3-6,12-14H,7-10H2,1-2H3. The predicted octanol–water partition coefficient (Wildman–Crippen LogP) is 3.48. The van der Waals surface area contributed by atoms with Crippen molar-refractivity contribution in [1.29, 1.82) is 0 Å². The van der Waals surface area contributed by atoms with Gasteiger partial charge < -0.3 is 9.42 Å². The van der Waals surface area contributed by atoms with Crippen LogP contribution in [0.25, 0.3) is 11.3 Å². The number of amides is 1. The summed E-state index contributed by atoms with van der Waals surface area (Å²) >= 11 is 6.30. The molecule has 2 aromatic rings. The number of hydrogen-bond donors (Lipinski definition) is 0. The summed E-state index contributed by atoms with van der Waals surface area (Å²) in [4.78, 5) is 15.3. The van der Waals surface area contributed by atoms with Gasteiger partial charge in [-0.3, -0.25) is 4.79 Å². The highest BCUT2D eigenvalue weighted by Gasteiger charge is 2.47. The Labute approximate surface area is 163 Å². The quantitative estimate of drug-likeness (QED) is 0.776. The van der Waals surface area contributed by atoms with Crippen molar-refractivity contribution in [2.75, 3.05) is 6.26 Å². The van der Waals surface area contributed by atoms with Gasteiger partial charge in [0.05, 0.1) is 10.3 Å². The number of aromatic nitrogens is 1. The van der Waals surface area contributed by atoms with Crippen molar-refractivity contribution in [3.63, 3.8) is 0 Å². The molecule has 2 bridgehead atoms. The molecule has 2 aliphatic rings. The van der Waals surface area contributed by atoms with Crippen LogP contribution >= 0.6 is 11.6 Å². The first-order valence-corrected chi connectivity index (χ1v) is 11.3. The molecule has 2 saturated heterocycles. The Balaban J connectivity index is 1.70. The first-order chi connectivity index (χ1) is 12.8. The van der Waals surface area contributed by atoms with E-state index in [0.717, 1.165) is 12.8 Å². The van der Waals surface area contributed by atoms with Crippen LogP contribution in [0.1, 0.15) is 41.8 Å². The van der Waals surface area contributed by atoms with Crippen LogP contribution < -0.4 is 0 Å². The highest BCUT2D eigenvalue weighted by Crippen LogP contribution is 2.41. The topological polar surface area (TPSA) is 80.5 Å². The Morgan fingerprint density at radius 1 is 1.22 bits per heavy atom. The van der Waals surface area contributed by atoms with Crippen LogP contribution in [0.3, 0.4) is 0 Å². The highest BCUT2D eigenvalue weighted by atomic mass is 35.5. The van der Waals surface area contributed by atoms with Gasteiger partial charge >= 0.3 is 0 Å². The summed E-state index contributed by atoms with van der Waals surface area (Å²) in [5.74, 6) is 0.294. The third-order valence-electron chi connectivity index (χ3n) is 5.74. The summed E-state index contributed by atoms with van der Waals surface area (Å²) in [5, 5.41) is 4.21. The third kappa shape index (κ3) is 3.17. The monoisotopic (exact) mass is 408 g/mol. The fourth-order valence-electron chi connectivity index (χ4n) is 4.40. The van der Waals surface area contributed by atoms with E-state index in [1.54, 1.807) is 19.1 Å². The number of carbonyl (C=O) groups is 1. The van der Waals surface area contributed by atoms with Crippen molar-refractivity contribution >= 4 is 27.3 Å². The molecule has 0 N–H and O–H groups in total. The molecule has 0 aliphatic carbocycles. The molecule has 2 aliphatic heterocycles. The highest BCUT2D eigenvalue weighted by molar-refractivity contribution is 7.91. The maximum atomic E-state index is 13.4. The number of hydrogen-bond acceptors (Lipinski definition) is 5. The molecular formula is C19H21ClN2O4S. The second-order valence-corrected chi connectivity index (χ2v) is 10.2. The smallest absolute Gasteiger partial charge is 0.260 e. The normalized spacial score (nSPS) is 25.0. The van der Waals surface area contributed by atoms with Gasteiger partial charge in [0, 0.05) is 23.9 Å². The van der Waals surface area contributed by atoms with Crippen LogP contribution in [0.15, 0.2) is 28.8 Å². The Hall–Kier alpha value is -1.86. The van der Waals surface area contributed by atoms with Crippen LogP contribution in [0.5, 0.6) is 0 Å². The van der Waals surface area contributed by atoms with Crippen LogP contribution in [-0.4, -0.2) is 48.0 Å². The minimum atomic E-state index is -3.11. The fourth-order valence-corrected chi connectivity index (χ4v) is 5.77. The fraction of sp³-hybridized carbons (Fsp3) is 0.474. The SMILES string of the molecule is Cc1onc(-c2ccccc2Cl)c1C(=O)N1C2CCC1CC(S(C)(=O)=O)C2. The summed E-state index contributed by atoms with van der Waals surface area (Å²) in [7, 11) is -3.11. The second-order valence-electron chi connectivity index (χ2n) is 7.46. The van der Waals surface area contributed by atoms with Gasteiger partial charge in [0.1, 0.15) is 26.9 Å². The molecule has 4 rings (SSSR count). The maximum Gasteiger partial charge on any atom is 0.260 e. The van der Waals surface area contributed by atoms with Gasteiger partial charge in [-0.25, -0.2) is 8.42 Å². The van der Waals surface area contributed by atoms with Crippen LogP contribution in [0, 0.1) is 6.92 Å². The number of aryl methyl sites for hydroxylation is 1. The molecule has 2 atom stereocenters. The number of fused-ring (bicyclic) bond motifs is 2. The van der Waals surface area contributed by atoms with E-state index in [2.05, 4.69) is 5.16 Å². The van der Waals surface area contributed by atoms with E-state index in [1.807, 2.05) is 17.0 Å². The molecule has 1 amide bonds. The van der Waals surface area contributed by atoms with Crippen molar-refractivity contribution in [2.24, 2.45) is 0 Å². The zero-order valence-electron chi connectivity index (χ0n) is 15.2. The van der Waals surface area contributed by atoms with Crippen LogP contribution in [-0.2, 0) is 9.84 Å². The van der Waals surface area contributed by atoms with Gasteiger partial charge in [0.2, 0.25) is 0 Å². The van der Waals surface area contributed by atoms with Crippen LogP contribution in [0.4, 0.5) is 0 Å². The first kappa shape index (κ1) is 18.5. The molecule has 1 aromatic carbocycles. The summed E-state index contributed by atoms with van der Waals surface area (Å²) in [6, 6.07) is 7.07. The number of rotatable bonds is 3. The number of piperidine rings is 1. The Morgan fingerprint density at radius 2 is 1.85 bits per heavy atom. The lowest BCUT2D eigenvalue weighted by molar-refractivity contribution is 0.0597. The lowest BCUT2D eigenvalue weighted by Crippen LogP contribution is -2.49. The number of carbonyl (C=O) groups excluding carboxylic acids is 1. The van der Waals surface area contributed by atoms with Gasteiger partial charge in [-0.1, -0.05) is 35.0 Å². The van der Waals surface area contributed by atoms with Gasteiger partial charge in [-0.05, 0) is 38.7 Å². The number of halogens is 1. The summed E-state index contributed by atoms with van der Waals surface area (Å²) in [6.07, 6.45) is 3.93. The maximum absolute atomic E-state index is 13.4. The number of nitrogens with zero attached hydrogens (tertiary/aromatic N) is 2. The molecule has 0 spiro atoms. The molecule has 2 unspecified atom stereocenters. The molecule has 8 heteroatoms. The molecule has 6 nitrogen and oxygen atoms in total. The van der Waals surface area contributed by atoms with E-state index >= 15 is 0 Å². The van der Waals surface area contributed by atoms with Crippen molar-refractivity contribution < 1.29 is 17.7 Å². The van der Waals surface area contributed by atoms with Crippen molar-refractivity contribution in [3.05, 3.63) is 40.6 Å². The summed E-state index contributed by atoms with van der Waals surface area (Å²) < 4.78 is 29.3. The lowest BCUT2D eigenvalue weighted by Gasteiger charge is -2.38. The Morgan fingerprint density at radius 3 is 2.44 bits per heavy atom. The molecular weight excluding hydrogens is 388 g/mol. The summed E-state index contributed by atoms with van der Waals surface area (Å²) in [5.41, 5.74) is 1.50. The minimum absolute atomic E-state index is 0.0654. The third-order valence-corrected chi connectivity index (χ3v) is 7.66. The van der Waals surface area contributed by atoms with E-state index in [1.165, 1.54) is 6.26 Å². The van der Waals surface area contributed by atoms with Gasteiger partial charge in [-0.15, -0.1) is 0 Å². The average Bonchev–Trinajstić information content (AvgIpc) is 3.11. The Bertz CT molecular complexity index is 987. The molecule has 144 valence electrons. The molecule has 3 heterocycles. The van der Waals surface area contributed by atoms with Crippen molar-refractivity contribution in [1.82, 2.24) is 10.1 Å². The van der Waals surface area contributed by atoms with Gasteiger partial charge in [0.25, 0.3) is 5.91 Å². The predicted molar refractivity (Wildman–Crippen MR) is 103 cm³/mol. The molecule has 27 heavy (non-hydrogen) atoms. The zero-order chi connectivity index (χ0) is 19.3. The van der Waals surface area contributed by atoms with Crippen molar-refractivity contribution in [3.8, 4) is 11.3 Å². The van der Waals surface area contributed by atoms with E-state index in [0.29, 0.717) is 40.4 Å². The van der Waals surface area contributed by atoms with E-state index in [9.17, 15) is 13.2 Å². The van der Waals surface area contributed by atoms with E-state index in [-0.39, 0.29) is 23.2 Å². The number of benzene rings is 1. The van der Waals surface area contributed by atoms with E-state index in [4.69, 9.17) is 16.1 Å². The van der Waals surface area contributed by atoms with Gasteiger partial charge in [-0.2, -0.15) is 0 Å². The molecule has 1 aromatic heterocycles. The van der Waals surface area contributed by atoms with Crippen molar-refractivity contribution in [2.45, 2.75) is 49.9 Å².